The van der Waals surface area contributed by atoms with Gasteiger partial charge < -0.3 is 24.3 Å². The average Bonchev–Trinajstić information content (AvgIpc) is 3.05. The molecule has 2 rings (SSSR count). The van der Waals surface area contributed by atoms with E-state index in [1.165, 1.54) is 7.11 Å². The summed E-state index contributed by atoms with van der Waals surface area (Å²) in [4.78, 5) is 37.7. The van der Waals surface area contributed by atoms with Crippen LogP contribution in [0.3, 0.4) is 0 Å². The maximum Gasteiger partial charge on any atom is 0.348 e. The van der Waals surface area contributed by atoms with Gasteiger partial charge in [0.05, 0.1) is 31.8 Å². The first-order valence-electron chi connectivity index (χ1n) is 9.89. The van der Waals surface area contributed by atoms with Crippen LogP contribution in [0, 0.1) is 6.92 Å². The molecule has 1 heterocycles. The van der Waals surface area contributed by atoms with Crippen molar-refractivity contribution in [2.75, 3.05) is 38.9 Å². The molecule has 1 aromatic carbocycles. The Bertz CT molecular complexity index is 905. The third-order valence-electron chi connectivity index (χ3n) is 4.18. The highest BCUT2D eigenvalue weighted by Crippen LogP contribution is 2.34. The van der Waals surface area contributed by atoms with Crippen LogP contribution in [0.4, 0.5) is 5.00 Å². The van der Waals surface area contributed by atoms with Crippen molar-refractivity contribution in [2.24, 2.45) is 0 Å². The number of carbonyl (C=O) groups is 3. The van der Waals surface area contributed by atoms with E-state index in [0.29, 0.717) is 12.2 Å². The summed E-state index contributed by atoms with van der Waals surface area (Å²) in [6.45, 7) is 6.27. The van der Waals surface area contributed by atoms with Crippen LogP contribution >= 0.6 is 11.3 Å². The van der Waals surface area contributed by atoms with E-state index in [-0.39, 0.29) is 47.6 Å². The molecule has 0 saturated carbocycles. The minimum Gasteiger partial charge on any atom is -0.494 e. The molecule has 0 aliphatic heterocycles. The number of ether oxygens (including phenoxy) is 4. The van der Waals surface area contributed by atoms with E-state index < -0.39 is 11.9 Å². The first-order valence-corrected chi connectivity index (χ1v) is 10.7. The van der Waals surface area contributed by atoms with Crippen molar-refractivity contribution >= 4 is 34.2 Å². The molecule has 1 amide bonds. The number of benzene rings is 1. The second kappa shape index (κ2) is 12.1. The van der Waals surface area contributed by atoms with Crippen molar-refractivity contribution in [1.82, 2.24) is 0 Å². The molecule has 2 aromatic rings. The number of esters is 2. The van der Waals surface area contributed by atoms with Gasteiger partial charge in [0.1, 0.15) is 22.2 Å². The molecule has 1 aromatic heterocycles. The largest absolute Gasteiger partial charge is 0.494 e. The van der Waals surface area contributed by atoms with Crippen molar-refractivity contribution in [3.05, 3.63) is 45.8 Å². The standard InChI is InChI=1S/C22H27NO7S/c1-5-28-16-9-7-15(8-10-16)13-17(24)23-20-18(21(25)29-6-2)14(3)19(31-20)22(26)30-12-11-27-4/h7-10H,5-6,11-13H2,1-4H3,(H,23,24). The number of methoxy groups -OCH3 is 1. The van der Waals surface area contributed by atoms with Crippen LogP contribution < -0.4 is 10.1 Å². The SMILES string of the molecule is CCOC(=O)c1c(NC(=O)Cc2ccc(OCC)cc2)sc(C(=O)OCCOC)c1C. The lowest BCUT2D eigenvalue weighted by Crippen LogP contribution is -2.16. The molecule has 0 spiro atoms. The number of nitrogens with one attached hydrogen (secondary N) is 1. The predicted molar refractivity (Wildman–Crippen MR) is 117 cm³/mol. The number of thiophene rings is 1. The molecule has 8 nitrogen and oxygen atoms in total. The van der Waals surface area contributed by atoms with E-state index in [0.717, 1.165) is 22.6 Å². The predicted octanol–water partition coefficient (Wildman–Crippen LogP) is 3.62. The summed E-state index contributed by atoms with van der Waals surface area (Å²) in [5.74, 6) is -0.794. The van der Waals surface area contributed by atoms with Gasteiger partial charge in [0.15, 0.2) is 0 Å². The lowest BCUT2D eigenvalue weighted by Gasteiger charge is -2.08. The summed E-state index contributed by atoms with van der Waals surface area (Å²) in [6, 6.07) is 7.18. The van der Waals surface area contributed by atoms with E-state index in [9.17, 15) is 14.4 Å². The summed E-state index contributed by atoms with van der Waals surface area (Å²) >= 11 is 0.986. The maximum absolute atomic E-state index is 12.6. The molecule has 0 aliphatic carbocycles. The molecular formula is C22H27NO7S. The molecule has 0 atom stereocenters. The number of carbonyl (C=O) groups excluding carboxylic acids is 3. The molecule has 0 aliphatic rings. The van der Waals surface area contributed by atoms with E-state index in [1.807, 2.05) is 6.92 Å². The Morgan fingerprint density at radius 1 is 0.968 bits per heavy atom. The van der Waals surface area contributed by atoms with Gasteiger partial charge in [0.25, 0.3) is 0 Å². The highest BCUT2D eigenvalue weighted by Gasteiger charge is 2.27. The molecule has 0 saturated heterocycles. The molecule has 168 valence electrons. The molecule has 1 N–H and O–H groups in total. The van der Waals surface area contributed by atoms with Crippen LogP contribution in [-0.2, 0) is 25.4 Å². The van der Waals surface area contributed by atoms with Crippen molar-refractivity contribution < 1.29 is 33.3 Å². The van der Waals surface area contributed by atoms with E-state index in [4.69, 9.17) is 18.9 Å². The molecule has 0 fully saturated rings. The topological polar surface area (TPSA) is 100 Å². The van der Waals surface area contributed by atoms with Gasteiger partial charge in [-0.3, -0.25) is 4.79 Å². The highest BCUT2D eigenvalue weighted by molar-refractivity contribution is 7.18. The molecule has 0 unspecified atom stereocenters. The van der Waals surface area contributed by atoms with Crippen molar-refractivity contribution in [1.29, 1.82) is 0 Å². The molecule has 31 heavy (non-hydrogen) atoms. The zero-order valence-electron chi connectivity index (χ0n) is 18.1. The summed E-state index contributed by atoms with van der Waals surface area (Å²) in [6.07, 6.45) is 0.0965. The lowest BCUT2D eigenvalue weighted by molar-refractivity contribution is -0.115. The zero-order chi connectivity index (χ0) is 22.8. The molecule has 0 radical (unpaired) electrons. The van der Waals surface area contributed by atoms with E-state index in [1.54, 1.807) is 38.1 Å². The zero-order valence-corrected chi connectivity index (χ0v) is 18.9. The van der Waals surface area contributed by atoms with Gasteiger partial charge in [-0.05, 0) is 44.0 Å². The van der Waals surface area contributed by atoms with Crippen LogP contribution in [0.15, 0.2) is 24.3 Å². The third-order valence-corrected chi connectivity index (χ3v) is 5.37. The third kappa shape index (κ3) is 6.80. The fraction of sp³-hybridized carbons (Fsp3) is 0.409. The summed E-state index contributed by atoms with van der Waals surface area (Å²) in [5, 5.41) is 2.99. The second-order valence-electron chi connectivity index (χ2n) is 6.41. The molecule has 9 heteroatoms. The second-order valence-corrected chi connectivity index (χ2v) is 7.43. The van der Waals surface area contributed by atoms with Crippen molar-refractivity contribution in [3.8, 4) is 5.75 Å². The fourth-order valence-corrected chi connectivity index (χ4v) is 3.86. The van der Waals surface area contributed by atoms with Crippen molar-refractivity contribution in [3.63, 3.8) is 0 Å². The van der Waals surface area contributed by atoms with Gasteiger partial charge in [-0.2, -0.15) is 0 Å². The van der Waals surface area contributed by atoms with Gasteiger partial charge in [0.2, 0.25) is 5.91 Å². The van der Waals surface area contributed by atoms with Gasteiger partial charge in [0, 0.05) is 7.11 Å². The van der Waals surface area contributed by atoms with Crippen LogP contribution in [0.1, 0.15) is 45.0 Å². The molecular weight excluding hydrogens is 422 g/mol. The Kier molecular flexibility index (Phi) is 9.48. The Hall–Kier alpha value is -2.91. The number of hydrogen-bond donors (Lipinski definition) is 1. The number of amides is 1. The number of anilines is 1. The summed E-state index contributed by atoms with van der Waals surface area (Å²) in [5.41, 5.74) is 1.35. The fourth-order valence-electron chi connectivity index (χ4n) is 2.75. The van der Waals surface area contributed by atoms with Crippen LogP contribution in [0.5, 0.6) is 5.75 Å². The summed E-state index contributed by atoms with van der Waals surface area (Å²) < 4.78 is 20.5. The average molecular weight is 450 g/mol. The van der Waals surface area contributed by atoms with Crippen LogP contribution in [0.2, 0.25) is 0 Å². The summed E-state index contributed by atoms with van der Waals surface area (Å²) in [7, 11) is 1.50. The number of rotatable bonds is 11. The van der Waals surface area contributed by atoms with Crippen molar-refractivity contribution in [2.45, 2.75) is 27.2 Å². The first kappa shape index (κ1) is 24.4. The smallest absolute Gasteiger partial charge is 0.348 e. The highest BCUT2D eigenvalue weighted by atomic mass is 32.1. The van der Waals surface area contributed by atoms with Gasteiger partial charge in [-0.25, -0.2) is 9.59 Å². The Labute approximate surface area is 185 Å². The minimum atomic E-state index is -0.608. The quantitative estimate of drug-likeness (QED) is 0.413. The Morgan fingerprint density at radius 3 is 2.29 bits per heavy atom. The Morgan fingerprint density at radius 2 is 1.68 bits per heavy atom. The lowest BCUT2D eigenvalue weighted by atomic mass is 10.1. The van der Waals surface area contributed by atoms with E-state index >= 15 is 0 Å². The van der Waals surface area contributed by atoms with Gasteiger partial charge in [-0.1, -0.05) is 12.1 Å². The first-order chi connectivity index (χ1) is 14.9. The van der Waals surface area contributed by atoms with E-state index in [2.05, 4.69) is 5.32 Å². The van der Waals surface area contributed by atoms with Crippen LogP contribution in [0.25, 0.3) is 0 Å². The number of hydrogen-bond acceptors (Lipinski definition) is 8. The maximum atomic E-state index is 12.6. The normalized spacial score (nSPS) is 10.5. The van der Waals surface area contributed by atoms with Gasteiger partial charge in [-0.15, -0.1) is 11.3 Å². The minimum absolute atomic E-state index is 0.0842. The monoisotopic (exact) mass is 449 g/mol. The molecule has 0 bridgehead atoms. The van der Waals surface area contributed by atoms with Crippen LogP contribution in [-0.4, -0.2) is 51.4 Å². The van der Waals surface area contributed by atoms with Gasteiger partial charge >= 0.3 is 11.9 Å². The Balaban J connectivity index is 2.20.